The van der Waals surface area contributed by atoms with E-state index in [4.69, 9.17) is 9.47 Å². The van der Waals surface area contributed by atoms with Crippen LogP contribution in [0.1, 0.15) is 38.9 Å². The number of carboxylic acids is 1. The van der Waals surface area contributed by atoms with Gasteiger partial charge in [0, 0.05) is 12.0 Å². The zero-order chi connectivity index (χ0) is 26.3. The molecule has 1 N–H and O–H groups in total. The number of ether oxygens (including phenoxy) is 2. The van der Waals surface area contributed by atoms with Gasteiger partial charge in [-0.1, -0.05) is 11.5 Å². The number of thiol groups is 1. The van der Waals surface area contributed by atoms with Crippen LogP contribution in [-0.4, -0.2) is 68.7 Å². The molecule has 1 atom stereocenters. The smallest absolute Gasteiger partial charge is 0.347 e. The molecule has 0 unspecified atom stereocenters. The molecular formula is C22H28FN5O6S. The van der Waals surface area contributed by atoms with Crippen molar-refractivity contribution in [3.05, 3.63) is 53.6 Å². The van der Waals surface area contributed by atoms with Crippen molar-refractivity contribution >= 4 is 30.4 Å². The number of Topliss-reactive ketones (excluding diaryl/α,β-unsaturated/α-hetero) is 1. The van der Waals surface area contributed by atoms with Crippen molar-refractivity contribution in [1.29, 1.82) is 0 Å². The van der Waals surface area contributed by atoms with Gasteiger partial charge in [-0.05, 0) is 39.0 Å². The van der Waals surface area contributed by atoms with E-state index in [1.807, 2.05) is 0 Å². The maximum atomic E-state index is 14.1. The second kappa shape index (κ2) is 11.8. The Hall–Kier alpha value is -3.45. The van der Waals surface area contributed by atoms with Gasteiger partial charge in [-0.15, -0.1) is 22.8 Å². The van der Waals surface area contributed by atoms with E-state index in [2.05, 4.69) is 29.4 Å². The van der Waals surface area contributed by atoms with Crippen molar-refractivity contribution in [3.8, 4) is 5.75 Å². The first-order chi connectivity index (χ1) is 16.4. The van der Waals surface area contributed by atoms with Gasteiger partial charge in [0.2, 0.25) is 0 Å². The Morgan fingerprint density at radius 2 is 1.91 bits per heavy atom. The summed E-state index contributed by atoms with van der Waals surface area (Å²) < 4.78 is 25.3. The SMILES string of the molecule is C=C(S)N(C[C@H](OCCC(C)=O)c1cc(F)ccc1OC)C(=O)N(n1nccn1)C(C)(C)C(=O)O. The van der Waals surface area contributed by atoms with Crippen LogP contribution < -0.4 is 9.75 Å². The molecule has 0 saturated heterocycles. The van der Waals surface area contributed by atoms with Crippen LogP contribution in [0.25, 0.3) is 0 Å². The molecule has 0 aliphatic heterocycles. The molecule has 0 bridgehead atoms. The number of aromatic nitrogens is 3. The lowest BCUT2D eigenvalue weighted by atomic mass is 10.1. The number of ketones is 1. The fraction of sp³-hybridized carbons (Fsp3) is 0.409. The summed E-state index contributed by atoms with van der Waals surface area (Å²) in [5.74, 6) is -1.74. The number of amides is 2. The molecule has 1 heterocycles. The molecule has 2 aromatic rings. The third-order valence-corrected chi connectivity index (χ3v) is 5.26. The second-order valence-corrected chi connectivity index (χ2v) is 8.50. The van der Waals surface area contributed by atoms with Crippen molar-refractivity contribution in [1.82, 2.24) is 20.0 Å². The van der Waals surface area contributed by atoms with Crippen molar-refractivity contribution < 1.29 is 33.4 Å². The molecule has 1 aromatic carbocycles. The maximum absolute atomic E-state index is 14.1. The van der Waals surface area contributed by atoms with Gasteiger partial charge in [-0.2, -0.15) is 5.01 Å². The van der Waals surface area contributed by atoms with Crippen molar-refractivity contribution in [2.75, 3.05) is 25.3 Å². The van der Waals surface area contributed by atoms with Gasteiger partial charge < -0.3 is 14.6 Å². The highest BCUT2D eigenvalue weighted by Crippen LogP contribution is 2.31. The third-order valence-electron chi connectivity index (χ3n) is 5.02. The number of carbonyl (C=O) groups is 3. The van der Waals surface area contributed by atoms with Gasteiger partial charge in [0.25, 0.3) is 0 Å². The number of rotatable bonds is 12. The van der Waals surface area contributed by atoms with Crippen LogP contribution in [0.3, 0.4) is 0 Å². The van der Waals surface area contributed by atoms with Crippen LogP contribution in [0.5, 0.6) is 5.75 Å². The maximum Gasteiger partial charge on any atom is 0.347 e. The van der Waals surface area contributed by atoms with E-state index in [0.717, 1.165) is 14.8 Å². The molecule has 35 heavy (non-hydrogen) atoms. The standard InChI is InChI=1S/C22H28FN5O6S/c1-14(29)8-11-34-19(17-12-16(23)6-7-18(17)33-5)13-26(15(2)35)21(32)27(22(3,4)20(30)31)28-24-9-10-25-28/h6-7,9-10,12,19,35H,2,8,11,13H2,1,3-5H3,(H,30,31)/t19-/m0/s1. The number of carbonyl (C=O) groups excluding carboxylic acids is 2. The Kier molecular flexibility index (Phi) is 9.37. The number of hydrogen-bond acceptors (Lipinski definition) is 8. The zero-order valence-electron chi connectivity index (χ0n) is 19.8. The van der Waals surface area contributed by atoms with E-state index in [9.17, 15) is 23.9 Å². The van der Waals surface area contributed by atoms with Crippen LogP contribution in [0.2, 0.25) is 0 Å². The highest BCUT2D eigenvalue weighted by Gasteiger charge is 2.43. The summed E-state index contributed by atoms with van der Waals surface area (Å²) in [5, 5.41) is 18.3. The lowest BCUT2D eigenvalue weighted by Crippen LogP contribution is -2.63. The fourth-order valence-electron chi connectivity index (χ4n) is 3.06. The second-order valence-electron chi connectivity index (χ2n) is 7.98. The lowest BCUT2D eigenvalue weighted by Gasteiger charge is -2.37. The van der Waals surface area contributed by atoms with Gasteiger partial charge in [0.1, 0.15) is 23.5 Å². The summed E-state index contributed by atoms with van der Waals surface area (Å²) in [4.78, 5) is 39.0. The third kappa shape index (κ3) is 6.79. The lowest BCUT2D eigenvalue weighted by molar-refractivity contribution is -0.142. The number of benzene rings is 1. The molecule has 13 heteroatoms. The Labute approximate surface area is 207 Å². The Morgan fingerprint density at radius 3 is 2.43 bits per heavy atom. The molecule has 11 nitrogen and oxygen atoms in total. The normalized spacial score (nSPS) is 12.1. The molecule has 0 fully saturated rings. The van der Waals surface area contributed by atoms with Crippen LogP contribution in [0.4, 0.5) is 9.18 Å². The summed E-state index contributed by atoms with van der Waals surface area (Å²) in [6.07, 6.45) is 1.65. The first-order valence-electron chi connectivity index (χ1n) is 10.4. The first kappa shape index (κ1) is 27.8. The average Bonchev–Trinajstić information content (AvgIpc) is 3.29. The predicted octanol–water partition coefficient (Wildman–Crippen LogP) is 2.79. The van der Waals surface area contributed by atoms with Gasteiger partial charge in [-0.25, -0.2) is 14.0 Å². The van der Waals surface area contributed by atoms with Crippen LogP contribution in [0.15, 0.2) is 42.2 Å². The first-order valence-corrected chi connectivity index (χ1v) is 10.9. The molecule has 2 amide bonds. The summed E-state index contributed by atoms with van der Waals surface area (Å²) >= 11 is 4.22. The summed E-state index contributed by atoms with van der Waals surface area (Å²) in [6, 6.07) is 2.91. The van der Waals surface area contributed by atoms with E-state index >= 15 is 0 Å². The molecule has 0 saturated carbocycles. The molecule has 0 radical (unpaired) electrons. The molecule has 190 valence electrons. The van der Waals surface area contributed by atoms with Crippen molar-refractivity contribution in [3.63, 3.8) is 0 Å². The summed E-state index contributed by atoms with van der Waals surface area (Å²) in [5.41, 5.74) is -1.52. The average molecular weight is 510 g/mol. The Morgan fingerprint density at radius 1 is 1.29 bits per heavy atom. The number of aliphatic carboxylic acids is 1. The fourth-order valence-corrected chi connectivity index (χ4v) is 3.23. The minimum Gasteiger partial charge on any atom is -0.496 e. The predicted molar refractivity (Wildman–Crippen MR) is 127 cm³/mol. The largest absolute Gasteiger partial charge is 0.496 e. The number of hydrogen-bond donors (Lipinski definition) is 2. The van der Waals surface area contributed by atoms with Crippen LogP contribution in [0, 0.1) is 5.82 Å². The Balaban J connectivity index is 2.52. The van der Waals surface area contributed by atoms with Gasteiger partial charge in [0.15, 0.2) is 5.54 Å². The molecule has 1 aromatic heterocycles. The monoisotopic (exact) mass is 509 g/mol. The van der Waals surface area contributed by atoms with Crippen LogP contribution >= 0.6 is 12.6 Å². The highest BCUT2D eigenvalue weighted by molar-refractivity contribution is 7.84. The molecular weight excluding hydrogens is 481 g/mol. The van der Waals surface area contributed by atoms with Gasteiger partial charge in [-0.3, -0.25) is 9.69 Å². The van der Waals surface area contributed by atoms with Crippen LogP contribution in [-0.2, 0) is 14.3 Å². The minimum atomic E-state index is -1.79. The number of nitrogens with zero attached hydrogens (tertiary/aromatic N) is 5. The zero-order valence-corrected chi connectivity index (χ0v) is 20.7. The van der Waals surface area contributed by atoms with E-state index in [1.54, 1.807) is 0 Å². The number of halogens is 1. The number of carboxylic acid groups (broad SMARTS) is 1. The molecule has 2 rings (SSSR count). The molecule has 0 spiro atoms. The number of urea groups is 1. The van der Waals surface area contributed by atoms with E-state index in [1.165, 1.54) is 58.5 Å². The van der Waals surface area contributed by atoms with Crippen molar-refractivity contribution in [2.45, 2.75) is 38.8 Å². The van der Waals surface area contributed by atoms with Crippen molar-refractivity contribution in [2.24, 2.45) is 0 Å². The Bertz CT molecular complexity index is 1080. The number of methoxy groups -OCH3 is 1. The van der Waals surface area contributed by atoms with E-state index in [0.29, 0.717) is 0 Å². The minimum absolute atomic E-state index is 0.0220. The summed E-state index contributed by atoms with van der Waals surface area (Å²) in [7, 11) is 1.39. The van der Waals surface area contributed by atoms with E-state index in [-0.39, 0.29) is 41.7 Å². The molecule has 0 aliphatic rings. The summed E-state index contributed by atoms with van der Waals surface area (Å²) in [6.45, 7) is 7.41. The van der Waals surface area contributed by atoms with Gasteiger partial charge in [0.05, 0.1) is 37.7 Å². The quantitative estimate of drug-likeness (QED) is 0.418. The van der Waals surface area contributed by atoms with Gasteiger partial charge >= 0.3 is 12.0 Å². The molecule has 0 aliphatic carbocycles. The highest BCUT2D eigenvalue weighted by atomic mass is 32.1. The topological polar surface area (TPSA) is 127 Å². The van der Waals surface area contributed by atoms with E-state index < -0.39 is 29.5 Å².